The third-order valence-corrected chi connectivity index (χ3v) is 9.07. The Kier molecular flexibility index (Phi) is 6.61. The zero-order valence-electron chi connectivity index (χ0n) is 21.4. The van der Waals surface area contributed by atoms with E-state index in [9.17, 15) is 22.8 Å². The maximum Gasteiger partial charge on any atom is 0.416 e. The molecule has 1 saturated carbocycles. The molecule has 6 rings (SSSR count). The molecule has 2 amide bonds. The minimum Gasteiger partial charge on any atom is -0.493 e. The first-order valence-electron chi connectivity index (χ1n) is 13.2. The summed E-state index contributed by atoms with van der Waals surface area (Å²) in [5, 5.41) is 3.65. The van der Waals surface area contributed by atoms with Crippen LogP contribution in [0.15, 0.2) is 42.5 Å². The van der Waals surface area contributed by atoms with Crippen molar-refractivity contribution in [3.05, 3.63) is 69.9 Å². The van der Waals surface area contributed by atoms with Gasteiger partial charge in [0, 0.05) is 30.1 Å². The number of fused-ring (bicyclic) bond motifs is 2. The van der Waals surface area contributed by atoms with Gasteiger partial charge in [0.25, 0.3) is 11.8 Å². The van der Waals surface area contributed by atoms with Crippen LogP contribution in [-0.4, -0.2) is 46.9 Å². The lowest BCUT2D eigenvalue weighted by Crippen LogP contribution is -2.46. The molecule has 0 bridgehead atoms. The minimum atomic E-state index is -4.49. The van der Waals surface area contributed by atoms with Gasteiger partial charge in [-0.15, -0.1) is 11.3 Å². The van der Waals surface area contributed by atoms with E-state index in [2.05, 4.69) is 10.3 Å². The Balaban J connectivity index is 1.27. The number of rotatable bonds is 5. The number of amides is 2. The van der Waals surface area contributed by atoms with Crippen LogP contribution in [0.2, 0.25) is 0 Å². The summed E-state index contributed by atoms with van der Waals surface area (Å²) in [6, 6.07) is 10.3. The second-order valence-corrected chi connectivity index (χ2v) is 11.6. The third-order valence-electron chi connectivity index (χ3n) is 8.05. The van der Waals surface area contributed by atoms with E-state index in [0.29, 0.717) is 46.5 Å². The smallest absolute Gasteiger partial charge is 0.416 e. The highest BCUT2D eigenvalue weighted by molar-refractivity contribution is 7.15. The number of nitrogens with zero attached hydrogens (tertiary/aromatic N) is 2. The predicted octanol–water partition coefficient (Wildman–Crippen LogP) is 5.89. The lowest BCUT2D eigenvalue weighted by atomic mass is 10.0. The van der Waals surface area contributed by atoms with E-state index in [1.165, 1.54) is 17.4 Å². The number of aromatic nitrogens is 1. The van der Waals surface area contributed by atoms with E-state index in [-0.39, 0.29) is 29.6 Å². The van der Waals surface area contributed by atoms with Crippen LogP contribution in [-0.2, 0) is 12.6 Å². The molecule has 39 heavy (non-hydrogen) atoms. The molecule has 3 aliphatic rings. The van der Waals surface area contributed by atoms with Crippen LogP contribution in [0.4, 0.5) is 13.2 Å². The average molecular weight is 556 g/mol. The molecule has 2 fully saturated rings. The molecule has 1 N–H and O–H groups in total. The Hall–Kier alpha value is -3.40. The van der Waals surface area contributed by atoms with Crippen molar-refractivity contribution < 1.29 is 27.5 Å². The molecule has 1 aromatic heterocycles. The van der Waals surface area contributed by atoms with E-state index < -0.39 is 11.7 Å². The van der Waals surface area contributed by atoms with Crippen molar-refractivity contribution >= 4 is 23.2 Å². The number of aryl methyl sites for hydroxylation is 1. The maximum absolute atomic E-state index is 14.1. The van der Waals surface area contributed by atoms with Gasteiger partial charge in [-0.25, -0.2) is 4.98 Å². The van der Waals surface area contributed by atoms with Crippen LogP contribution < -0.4 is 10.1 Å². The Bertz CT molecular complexity index is 1440. The maximum atomic E-state index is 14.1. The highest BCUT2D eigenvalue weighted by Gasteiger charge is 2.47. The molecular formula is C29H28F3N3O3S. The number of hydrogen-bond acceptors (Lipinski definition) is 5. The van der Waals surface area contributed by atoms with Crippen molar-refractivity contribution in [2.24, 2.45) is 5.92 Å². The predicted molar refractivity (Wildman–Crippen MR) is 141 cm³/mol. The van der Waals surface area contributed by atoms with E-state index in [0.717, 1.165) is 49.1 Å². The average Bonchev–Trinajstić information content (AvgIpc) is 3.69. The summed E-state index contributed by atoms with van der Waals surface area (Å²) >= 11 is 1.22. The first-order valence-corrected chi connectivity index (χ1v) is 14.0. The first kappa shape index (κ1) is 25.9. The van der Waals surface area contributed by atoms with Gasteiger partial charge in [-0.3, -0.25) is 9.59 Å². The molecule has 0 unspecified atom stereocenters. The summed E-state index contributed by atoms with van der Waals surface area (Å²) in [6.07, 6.45) is -0.135. The Morgan fingerprint density at radius 1 is 1.18 bits per heavy atom. The molecule has 0 radical (unpaired) electrons. The minimum absolute atomic E-state index is 0.0325. The largest absolute Gasteiger partial charge is 0.493 e. The summed E-state index contributed by atoms with van der Waals surface area (Å²) < 4.78 is 45.8. The standard InChI is InChI=1S/C29H28F3N3O3S/c1-16-34-25(26(39-16)18-6-2-7-19(13-18)29(30,31)32)28(37)35-20(14-17-5-3-9-23(17)35)15-33-27(36)22-8-4-10-24-21(22)11-12-38-24/h2,4,6-8,10,13,17,20,23H,3,5,9,11-12,14-15H2,1H3,(H,33,36)/t17-,20-,23-/m0/s1. The summed E-state index contributed by atoms with van der Waals surface area (Å²) in [6.45, 7) is 2.60. The summed E-state index contributed by atoms with van der Waals surface area (Å²) in [7, 11) is 0. The monoisotopic (exact) mass is 555 g/mol. The fourth-order valence-electron chi connectivity index (χ4n) is 6.36. The SMILES string of the molecule is Cc1nc(C(=O)N2[C@H](CNC(=O)c3cccc4c3CCO4)C[C@@H]3CCC[C@@H]32)c(-c2cccc(C(F)(F)F)c2)s1. The molecule has 6 nitrogen and oxygen atoms in total. The number of nitrogens with one attached hydrogen (secondary N) is 1. The number of halogens is 3. The van der Waals surface area contributed by atoms with Gasteiger partial charge in [0.2, 0.25) is 0 Å². The molecule has 204 valence electrons. The first-order chi connectivity index (χ1) is 18.7. The fraction of sp³-hybridized carbons (Fsp3) is 0.414. The number of hydrogen-bond donors (Lipinski definition) is 1. The van der Waals surface area contributed by atoms with E-state index in [1.54, 1.807) is 25.1 Å². The van der Waals surface area contributed by atoms with Gasteiger partial charge in [-0.05, 0) is 61.9 Å². The van der Waals surface area contributed by atoms with Gasteiger partial charge in [0.15, 0.2) is 0 Å². The molecule has 3 aromatic rings. The molecule has 2 aliphatic heterocycles. The Morgan fingerprint density at radius 3 is 2.82 bits per heavy atom. The molecule has 1 saturated heterocycles. The van der Waals surface area contributed by atoms with Gasteiger partial charge < -0.3 is 15.0 Å². The number of benzene rings is 2. The normalized spacial score (nSPS) is 21.9. The van der Waals surface area contributed by atoms with E-state index in [4.69, 9.17) is 4.74 Å². The van der Waals surface area contributed by atoms with Crippen molar-refractivity contribution in [1.82, 2.24) is 15.2 Å². The second kappa shape index (κ2) is 9.97. The molecular weight excluding hydrogens is 527 g/mol. The van der Waals surface area contributed by atoms with Crippen molar-refractivity contribution in [3.8, 4) is 16.2 Å². The van der Waals surface area contributed by atoms with Crippen LogP contribution in [0.3, 0.4) is 0 Å². The lowest BCUT2D eigenvalue weighted by Gasteiger charge is -2.30. The highest BCUT2D eigenvalue weighted by Crippen LogP contribution is 2.43. The quantitative estimate of drug-likeness (QED) is 0.427. The van der Waals surface area contributed by atoms with Crippen molar-refractivity contribution in [3.63, 3.8) is 0 Å². The van der Waals surface area contributed by atoms with Gasteiger partial charge in [0.1, 0.15) is 11.4 Å². The molecule has 0 spiro atoms. The van der Waals surface area contributed by atoms with Crippen molar-refractivity contribution in [1.29, 1.82) is 0 Å². The van der Waals surface area contributed by atoms with Crippen molar-refractivity contribution in [2.75, 3.05) is 13.2 Å². The molecule has 3 heterocycles. The summed E-state index contributed by atoms with van der Waals surface area (Å²) in [5.74, 6) is 0.586. The zero-order chi connectivity index (χ0) is 27.3. The van der Waals surface area contributed by atoms with Crippen LogP contribution in [0.1, 0.15) is 62.7 Å². The van der Waals surface area contributed by atoms with Crippen LogP contribution >= 0.6 is 11.3 Å². The number of thiazole rings is 1. The van der Waals surface area contributed by atoms with E-state index in [1.807, 2.05) is 11.0 Å². The van der Waals surface area contributed by atoms with E-state index >= 15 is 0 Å². The van der Waals surface area contributed by atoms with Gasteiger partial charge in [0.05, 0.1) is 28.1 Å². The van der Waals surface area contributed by atoms with Gasteiger partial charge in [-0.2, -0.15) is 13.2 Å². The summed E-state index contributed by atoms with van der Waals surface area (Å²) in [5.41, 5.74) is 1.22. The Labute approximate surface area is 228 Å². The summed E-state index contributed by atoms with van der Waals surface area (Å²) in [4.78, 5) is 34.0. The number of carbonyl (C=O) groups is 2. The zero-order valence-corrected chi connectivity index (χ0v) is 22.2. The van der Waals surface area contributed by atoms with Crippen molar-refractivity contribution in [2.45, 2.75) is 57.3 Å². The number of ether oxygens (including phenoxy) is 1. The van der Waals surface area contributed by atoms with Crippen LogP contribution in [0.5, 0.6) is 5.75 Å². The highest BCUT2D eigenvalue weighted by atomic mass is 32.1. The third kappa shape index (κ3) is 4.79. The lowest BCUT2D eigenvalue weighted by molar-refractivity contribution is -0.137. The van der Waals surface area contributed by atoms with Gasteiger partial charge >= 0.3 is 6.18 Å². The number of likely N-dealkylation sites (tertiary alicyclic amines) is 1. The van der Waals surface area contributed by atoms with Gasteiger partial charge in [-0.1, -0.05) is 24.6 Å². The number of alkyl halides is 3. The Morgan fingerprint density at radius 2 is 2.00 bits per heavy atom. The van der Waals surface area contributed by atoms with Crippen LogP contribution in [0, 0.1) is 12.8 Å². The van der Waals surface area contributed by atoms with Crippen LogP contribution in [0.25, 0.3) is 10.4 Å². The fourth-order valence-corrected chi connectivity index (χ4v) is 7.26. The number of carbonyl (C=O) groups excluding carboxylic acids is 2. The molecule has 3 atom stereocenters. The molecule has 2 aromatic carbocycles. The topological polar surface area (TPSA) is 71.5 Å². The molecule has 10 heteroatoms. The second-order valence-electron chi connectivity index (χ2n) is 10.4. The molecule has 1 aliphatic carbocycles.